The number of nitrogens with zero attached hydrogens (tertiary/aromatic N) is 1. The second kappa shape index (κ2) is 8.10. The van der Waals surface area contributed by atoms with Crippen LogP contribution in [-0.2, 0) is 13.2 Å². The molecule has 0 aliphatic rings. The van der Waals surface area contributed by atoms with Crippen LogP contribution >= 0.6 is 15.9 Å². The van der Waals surface area contributed by atoms with Crippen molar-refractivity contribution in [1.82, 2.24) is 10.3 Å². The second-order valence-electron chi connectivity index (χ2n) is 4.69. The van der Waals surface area contributed by atoms with Gasteiger partial charge in [0.1, 0.15) is 18.2 Å². The lowest BCUT2D eigenvalue weighted by Crippen LogP contribution is -2.15. The minimum atomic E-state index is -0.252. The van der Waals surface area contributed by atoms with Crippen molar-refractivity contribution < 1.29 is 9.13 Å². The Balaban J connectivity index is 2.02. The van der Waals surface area contributed by atoms with Crippen LogP contribution in [-0.4, -0.2) is 11.5 Å². The van der Waals surface area contributed by atoms with E-state index in [1.807, 2.05) is 12.1 Å². The summed E-state index contributed by atoms with van der Waals surface area (Å²) in [6, 6.07) is 8.39. The second-order valence-corrected chi connectivity index (χ2v) is 5.60. The topological polar surface area (TPSA) is 34.1 Å². The highest BCUT2D eigenvalue weighted by Crippen LogP contribution is 2.21. The van der Waals surface area contributed by atoms with E-state index in [-0.39, 0.29) is 5.82 Å². The number of nitrogens with one attached hydrogen (secondary N) is 1. The summed E-state index contributed by atoms with van der Waals surface area (Å²) < 4.78 is 20.1. The maximum Gasteiger partial charge on any atom is 0.130 e. The molecule has 0 fully saturated rings. The zero-order chi connectivity index (χ0) is 15.1. The van der Waals surface area contributed by atoms with Gasteiger partial charge in [-0.3, -0.25) is 4.98 Å². The van der Waals surface area contributed by atoms with Gasteiger partial charge in [-0.1, -0.05) is 6.92 Å². The summed E-state index contributed by atoms with van der Waals surface area (Å²) in [4.78, 5) is 4.25. The first-order valence-corrected chi connectivity index (χ1v) is 7.70. The standard InChI is InChI=1S/C16H18BrFN2O/c1-2-7-19-9-12-8-14(18)4-6-16(12)21-11-15-5-3-13(17)10-20-15/h3-6,8,10,19H,2,7,9,11H2,1H3. The van der Waals surface area contributed by atoms with E-state index in [1.165, 1.54) is 12.1 Å². The fourth-order valence-electron chi connectivity index (χ4n) is 1.87. The molecule has 2 rings (SSSR count). The minimum absolute atomic E-state index is 0.252. The predicted molar refractivity (Wildman–Crippen MR) is 84.7 cm³/mol. The first kappa shape index (κ1) is 15.9. The Morgan fingerprint density at radius 2 is 2.14 bits per heavy atom. The number of hydrogen-bond donors (Lipinski definition) is 1. The molecule has 0 saturated heterocycles. The van der Waals surface area contributed by atoms with Crippen molar-refractivity contribution in [2.45, 2.75) is 26.5 Å². The molecule has 1 N–H and O–H groups in total. The Hall–Kier alpha value is -1.46. The van der Waals surface area contributed by atoms with Crippen LogP contribution in [0.3, 0.4) is 0 Å². The molecule has 1 aromatic heterocycles. The van der Waals surface area contributed by atoms with E-state index in [1.54, 1.807) is 12.3 Å². The van der Waals surface area contributed by atoms with Gasteiger partial charge in [0.25, 0.3) is 0 Å². The van der Waals surface area contributed by atoms with E-state index in [0.29, 0.717) is 18.9 Å². The first-order chi connectivity index (χ1) is 10.2. The van der Waals surface area contributed by atoms with Crippen molar-refractivity contribution in [2.75, 3.05) is 6.54 Å². The van der Waals surface area contributed by atoms with Crippen molar-refractivity contribution in [2.24, 2.45) is 0 Å². The van der Waals surface area contributed by atoms with Crippen LogP contribution < -0.4 is 10.1 Å². The number of benzene rings is 1. The van der Waals surface area contributed by atoms with Gasteiger partial charge in [-0.15, -0.1) is 0 Å². The molecular formula is C16H18BrFN2O. The Bertz CT molecular complexity index is 575. The molecule has 0 aliphatic carbocycles. The number of rotatable bonds is 7. The molecule has 0 atom stereocenters. The average Bonchev–Trinajstić information content (AvgIpc) is 2.48. The molecule has 0 bridgehead atoms. The highest BCUT2D eigenvalue weighted by Gasteiger charge is 2.06. The monoisotopic (exact) mass is 352 g/mol. The highest BCUT2D eigenvalue weighted by molar-refractivity contribution is 9.10. The van der Waals surface area contributed by atoms with Crippen LogP contribution in [0.1, 0.15) is 24.6 Å². The zero-order valence-corrected chi connectivity index (χ0v) is 13.5. The van der Waals surface area contributed by atoms with Crippen molar-refractivity contribution in [3.63, 3.8) is 0 Å². The van der Waals surface area contributed by atoms with Gasteiger partial charge in [0.15, 0.2) is 0 Å². The molecule has 1 heterocycles. The number of aromatic nitrogens is 1. The summed E-state index contributed by atoms with van der Waals surface area (Å²) in [5.41, 5.74) is 1.65. The summed E-state index contributed by atoms with van der Waals surface area (Å²) in [7, 11) is 0. The van der Waals surface area contributed by atoms with Gasteiger partial charge in [0.05, 0.1) is 5.69 Å². The Labute approximate surface area is 132 Å². The van der Waals surface area contributed by atoms with Crippen LogP contribution in [0, 0.1) is 5.82 Å². The van der Waals surface area contributed by atoms with Crippen LogP contribution in [0.4, 0.5) is 4.39 Å². The van der Waals surface area contributed by atoms with Crippen molar-refractivity contribution in [3.8, 4) is 5.75 Å². The lowest BCUT2D eigenvalue weighted by atomic mass is 10.2. The summed E-state index contributed by atoms with van der Waals surface area (Å²) in [6.45, 7) is 3.94. The molecule has 5 heteroatoms. The van der Waals surface area contributed by atoms with E-state index in [4.69, 9.17) is 4.74 Å². The van der Waals surface area contributed by atoms with Crippen LogP contribution in [0.2, 0.25) is 0 Å². The highest BCUT2D eigenvalue weighted by atomic mass is 79.9. The normalized spacial score (nSPS) is 10.6. The number of ether oxygens (including phenoxy) is 1. The molecule has 1 aromatic carbocycles. The minimum Gasteiger partial charge on any atom is -0.487 e. The number of halogens is 2. The van der Waals surface area contributed by atoms with Gasteiger partial charge in [0, 0.05) is 22.8 Å². The van der Waals surface area contributed by atoms with Gasteiger partial charge in [0.2, 0.25) is 0 Å². The predicted octanol–water partition coefficient (Wildman–Crippen LogP) is 4.06. The van der Waals surface area contributed by atoms with Gasteiger partial charge in [-0.25, -0.2) is 4.39 Å². The molecule has 0 unspecified atom stereocenters. The maximum absolute atomic E-state index is 13.4. The van der Waals surface area contributed by atoms with E-state index < -0.39 is 0 Å². The lowest BCUT2D eigenvalue weighted by molar-refractivity contribution is 0.297. The Kier molecular flexibility index (Phi) is 6.14. The average molecular weight is 353 g/mol. The molecule has 112 valence electrons. The zero-order valence-electron chi connectivity index (χ0n) is 11.9. The molecule has 3 nitrogen and oxygen atoms in total. The van der Waals surface area contributed by atoms with Gasteiger partial charge >= 0.3 is 0 Å². The summed E-state index contributed by atoms with van der Waals surface area (Å²) in [5.74, 6) is 0.433. The van der Waals surface area contributed by atoms with Crippen molar-refractivity contribution in [3.05, 3.63) is 58.1 Å². The van der Waals surface area contributed by atoms with Crippen molar-refractivity contribution in [1.29, 1.82) is 0 Å². The number of pyridine rings is 1. The fourth-order valence-corrected chi connectivity index (χ4v) is 2.10. The molecule has 0 spiro atoms. The van der Waals surface area contributed by atoms with Gasteiger partial charge in [-0.2, -0.15) is 0 Å². The molecule has 0 saturated carbocycles. The van der Waals surface area contributed by atoms with Gasteiger partial charge < -0.3 is 10.1 Å². The van der Waals surface area contributed by atoms with Crippen LogP contribution in [0.25, 0.3) is 0 Å². The molecule has 0 aliphatic heterocycles. The first-order valence-electron chi connectivity index (χ1n) is 6.91. The Morgan fingerprint density at radius 1 is 1.29 bits per heavy atom. The maximum atomic E-state index is 13.4. The Morgan fingerprint density at radius 3 is 2.86 bits per heavy atom. The summed E-state index contributed by atoms with van der Waals surface area (Å²) >= 11 is 3.34. The van der Waals surface area contributed by atoms with Crippen LogP contribution in [0.15, 0.2) is 41.0 Å². The van der Waals surface area contributed by atoms with Gasteiger partial charge in [-0.05, 0) is 59.2 Å². The smallest absolute Gasteiger partial charge is 0.130 e. The molecule has 21 heavy (non-hydrogen) atoms. The third-order valence-electron chi connectivity index (χ3n) is 2.93. The number of hydrogen-bond acceptors (Lipinski definition) is 3. The molecule has 0 radical (unpaired) electrons. The van der Waals surface area contributed by atoms with E-state index in [2.05, 4.69) is 33.2 Å². The molecule has 2 aromatic rings. The SMILES string of the molecule is CCCNCc1cc(F)ccc1OCc1ccc(Br)cn1. The van der Waals surface area contributed by atoms with Crippen molar-refractivity contribution >= 4 is 15.9 Å². The third-order valence-corrected chi connectivity index (χ3v) is 3.40. The molecular weight excluding hydrogens is 335 g/mol. The molecule has 0 amide bonds. The van der Waals surface area contributed by atoms with E-state index in [9.17, 15) is 4.39 Å². The largest absolute Gasteiger partial charge is 0.487 e. The third kappa shape index (κ3) is 5.10. The summed E-state index contributed by atoms with van der Waals surface area (Å²) in [5, 5.41) is 3.26. The van der Waals surface area contributed by atoms with E-state index >= 15 is 0 Å². The van der Waals surface area contributed by atoms with Crippen LogP contribution in [0.5, 0.6) is 5.75 Å². The van der Waals surface area contributed by atoms with E-state index in [0.717, 1.165) is 28.7 Å². The lowest BCUT2D eigenvalue weighted by Gasteiger charge is -2.12. The quantitative estimate of drug-likeness (QED) is 0.763. The summed E-state index contributed by atoms with van der Waals surface area (Å²) in [6.07, 6.45) is 2.77. The fraction of sp³-hybridized carbons (Fsp3) is 0.312.